The van der Waals surface area contributed by atoms with E-state index in [-0.39, 0.29) is 17.2 Å². The third kappa shape index (κ3) is 8.87. The molecule has 4 aromatic carbocycles. The number of thiophene rings is 2. The summed E-state index contributed by atoms with van der Waals surface area (Å²) in [4.78, 5) is 15.5. The average molecular weight is 703 g/mol. The Morgan fingerprint density at radius 1 is 0.800 bits per heavy atom. The van der Waals surface area contributed by atoms with Gasteiger partial charge in [-0.25, -0.2) is 0 Å². The second kappa shape index (κ2) is 16.8. The fourth-order valence-electron chi connectivity index (χ4n) is 6.07. The zero-order chi connectivity index (χ0) is 34.9. The van der Waals surface area contributed by atoms with Crippen molar-refractivity contribution in [3.05, 3.63) is 135 Å². The van der Waals surface area contributed by atoms with Gasteiger partial charge in [-0.3, -0.25) is 10.1 Å². The lowest BCUT2D eigenvalue weighted by molar-refractivity contribution is -0.384. The van der Waals surface area contributed by atoms with E-state index in [0.717, 1.165) is 71.5 Å². The molecule has 256 valence electrons. The molecule has 2 aromatic heterocycles. The molecule has 0 radical (unpaired) electrons. The lowest BCUT2D eigenvalue weighted by Gasteiger charge is -2.24. The molecular weight excluding hydrogens is 661 g/mol. The van der Waals surface area contributed by atoms with Crippen molar-refractivity contribution in [3.8, 4) is 27.3 Å². The Kier molecular flexibility index (Phi) is 11.8. The van der Waals surface area contributed by atoms with E-state index in [1.807, 2.05) is 37.3 Å². The number of rotatable bonds is 16. The third-order valence-electron chi connectivity index (χ3n) is 8.85. The number of nitrogens with zero attached hydrogens (tertiary/aromatic N) is 2. The van der Waals surface area contributed by atoms with Gasteiger partial charge in [0, 0.05) is 62.7 Å². The van der Waals surface area contributed by atoms with Crippen molar-refractivity contribution < 1.29 is 14.8 Å². The molecule has 0 aliphatic carbocycles. The number of unbranched alkanes of at least 4 members (excludes halogenated alkanes) is 4. The highest BCUT2D eigenvalue weighted by molar-refractivity contribution is 7.29. The minimum Gasteiger partial charge on any atom is -0.489 e. The molecule has 2 heterocycles. The van der Waals surface area contributed by atoms with Gasteiger partial charge in [-0.1, -0.05) is 73.9 Å². The van der Waals surface area contributed by atoms with Crippen LogP contribution in [0.25, 0.3) is 43.1 Å². The smallest absolute Gasteiger partial charge is 0.269 e. The van der Waals surface area contributed by atoms with E-state index in [1.54, 1.807) is 40.9 Å². The van der Waals surface area contributed by atoms with Crippen molar-refractivity contribution in [2.45, 2.75) is 45.6 Å². The highest BCUT2D eigenvalue weighted by Crippen LogP contribution is 2.42. The van der Waals surface area contributed by atoms with Crippen molar-refractivity contribution in [1.82, 2.24) is 0 Å². The number of aliphatic hydroxyl groups excluding tert-OH is 1. The van der Waals surface area contributed by atoms with Gasteiger partial charge >= 0.3 is 0 Å². The summed E-state index contributed by atoms with van der Waals surface area (Å²) in [7, 11) is 2.18. The van der Waals surface area contributed by atoms with Crippen LogP contribution in [0.4, 0.5) is 11.4 Å². The molecule has 0 spiro atoms. The van der Waals surface area contributed by atoms with Gasteiger partial charge in [0.2, 0.25) is 0 Å². The van der Waals surface area contributed by atoms with Crippen molar-refractivity contribution in [3.63, 3.8) is 0 Å². The number of hydrogen-bond donors (Lipinski definition) is 1. The molecule has 0 atom stereocenters. The Labute approximate surface area is 302 Å². The summed E-state index contributed by atoms with van der Waals surface area (Å²) in [6, 6.07) is 34.9. The van der Waals surface area contributed by atoms with E-state index < -0.39 is 0 Å². The average Bonchev–Trinajstić information content (AvgIpc) is 3.71. The van der Waals surface area contributed by atoms with Crippen molar-refractivity contribution in [2.24, 2.45) is 0 Å². The molecule has 0 fully saturated rings. The van der Waals surface area contributed by atoms with E-state index in [1.165, 1.54) is 31.1 Å². The van der Waals surface area contributed by atoms with Gasteiger partial charge in [-0.2, -0.15) is 0 Å². The zero-order valence-corrected chi connectivity index (χ0v) is 30.1. The van der Waals surface area contributed by atoms with E-state index in [4.69, 9.17) is 9.84 Å². The summed E-state index contributed by atoms with van der Waals surface area (Å²) in [5, 5.41) is 20.2. The molecular formula is C42H42N2O4S2. The quantitative estimate of drug-likeness (QED) is 0.0617. The third-order valence-corrected chi connectivity index (χ3v) is 11.2. The molecule has 0 saturated carbocycles. The lowest BCUT2D eigenvalue weighted by atomic mass is 9.99. The van der Waals surface area contributed by atoms with E-state index >= 15 is 0 Å². The largest absolute Gasteiger partial charge is 0.489 e. The molecule has 6 aromatic rings. The molecule has 0 bridgehead atoms. The summed E-state index contributed by atoms with van der Waals surface area (Å²) >= 11 is 3.55. The number of fused-ring (bicyclic) bond motifs is 1. The summed E-state index contributed by atoms with van der Waals surface area (Å²) < 4.78 is 8.71. The molecule has 0 aliphatic rings. The maximum atomic E-state index is 11.1. The highest BCUT2D eigenvalue weighted by Gasteiger charge is 2.15. The summed E-state index contributed by atoms with van der Waals surface area (Å²) in [5.74, 6) is 0.843. The summed E-state index contributed by atoms with van der Waals surface area (Å²) in [6.45, 7) is 3.65. The first-order chi connectivity index (χ1) is 24.4. The second-order valence-electron chi connectivity index (χ2n) is 12.6. The van der Waals surface area contributed by atoms with Gasteiger partial charge in [-0.15, -0.1) is 22.7 Å². The van der Waals surface area contributed by atoms with Gasteiger partial charge in [-0.05, 0) is 96.1 Å². The number of aryl methyl sites for hydroxylation is 1. The van der Waals surface area contributed by atoms with Gasteiger partial charge < -0.3 is 14.7 Å². The zero-order valence-electron chi connectivity index (χ0n) is 28.5. The topological polar surface area (TPSA) is 75.8 Å². The minimum absolute atomic E-state index is 0.112. The van der Waals surface area contributed by atoms with Crippen LogP contribution in [-0.2, 0) is 6.61 Å². The first-order valence-electron chi connectivity index (χ1n) is 17.1. The van der Waals surface area contributed by atoms with Crippen LogP contribution >= 0.6 is 22.7 Å². The number of ether oxygens (including phenoxy) is 1. The first kappa shape index (κ1) is 35.1. The van der Waals surface area contributed by atoms with Crippen LogP contribution in [0.3, 0.4) is 0 Å². The number of hydrogen-bond acceptors (Lipinski definition) is 7. The van der Waals surface area contributed by atoms with Crippen LogP contribution in [0.5, 0.6) is 5.75 Å². The van der Waals surface area contributed by atoms with Crippen LogP contribution in [0.2, 0.25) is 0 Å². The normalized spacial score (nSPS) is 11.4. The van der Waals surface area contributed by atoms with Crippen LogP contribution in [0.15, 0.2) is 103 Å². The molecule has 1 N–H and O–H groups in total. The molecule has 50 heavy (non-hydrogen) atoms. The number of non-ortho nitro benzene ring substituents is 1. The molecule has 6 nitrogen and oxygen atoms in total. The van der Waals surface area contributed by atoms with Gasteiger partial charge in [0.05, 0.1) is 4.92 Å². The van der Waals surface area contributed by atoms with Crippen LogP contribution in [0, 0.1) is 17.0 Å². The Hall–Kier alpha value is -4.76. The fraction of sp³-hybridized carbons (Fsp3) is 0.238. The molecule has 0 aliphatic heterocycles. The number of benzene rings is 4. The van der Waals surface area contributed by atoms with Crippen LogP contribution in [-0.4, -0.2) is 30.2 Å². The molecule has 0 amide bonds. The molecule has 0 unspecified atom stereocenters. The Balaban J connectivity index is 1.25. The SMILES string of the molecule is Cc1cc([N+](=O)[O-])ccc1/C=C/c1cc2sc(-c3ccc(N(C)CCCCCCCO)c(-c4cccc(OCc5ccccc5)c4)c3)cc2s1. The minimum atomic E-state index is -0.358. The fourth-order valence-corrected chi connectivity index (χ4v) is 8.38. The Morgan fingerprint density at radius 2 is 1.60 bits per heavy atom. The van der Waals surface area contributed by atoms with Crippen LogP contribution < -0.4 is 9.64 Å². The predicted molar refractivity (Wildman–Crippen MR) is 212 cm³/mol. The first-order valence-corrected chi connectivity index (χ1v) is 18.7. The summed E-state index contributed by atoms with van der Waals surface area (Å²) in [5.41, 5.74) is 7.77. The standard InChI is InChI=1S/C42H42N2O4S2/c1-30-24-35(44(46)47)19-16-32(30)17-20-37-27-41-42(49-37)28-40(50-41)34-18-21-39(43(2)22-9-4-3-5-10-23-45)38(26-34)33-14-11-15-36(25-33)48-29-31-12-7-6-8-13-31/h6-8,11-21,24-28,45H,3-5,9-10,22-23,29H2,1-2H3/b20-17+. The van der Waals surface area contributed by atoms with Gasteiger partial charge in [0.25, 0.3) is 5.69 Å². The van der Waals surface area contributed by atoms with Crippen molar-refractivity contribution in [1.29, 1.82) is 0 Å². The van der Waals surface area contributed by atoms with Gasteiger partial charge in [0.15, 0.2) is 0 Å². The Bertz CT molecular complexity index is 2050. The maximum Gasteiger partial charge on any atom is 0.269 e. The van der Waals surface area contributed by atoms with Crippen molar-refractivity contribution >= 4 is 55.6 Å². The molecule has 8 heteroatoms. The number of anilines is 1. The Morgan fingerprint density at radius 3 is 2.38 bits per heavy atom. The van der Waals surface area contributed by atoms with E-state index in [9.17, 15) is 10.1 Å². The monoisotopic (exact) mass is 702 g/mol. The van der Waals surface area contributed by atoms with Crippen LogP contribution in [0.1, 0.15) is 53.7 Å². The van der Waals surface area contributed by atoms with Gasteiger partial charge in [0.1, 0.15) is 12.4 Å². The maximum absolute atomic E-state index is 11.1. The highest BCUT2D eigenvalue weighted by atomic mass is 32.1. The predicted octanol–water partition coefficient (Wildman–Crippen LogP) is 11.6. The van der Waals surface area contributed by atoms with E-state index in [0.29, 0.717) is 6.61 Å². The summed E-state index contributed by atoms with van der Waals surface area (Å²) in [6.07, 6.45) is 9.47. The number of nitro groups is 1. The number of nitro benzene ring substituents is 1. The second-order valence-corrected chi connectivity index (χ2v) is 14.8. The lowest BCUT2D eigenvalue weighted by Crippen LogP contribution is -2.19. The molecule has 6 rings (SSSR count). The van der Waals surface area contributed by atoms with E-state index in [2.05, 4.69) is 78.7 Å². The molecule has 0 saturated heterocycles. The number of aliphatic hydroxyl groups is 1. The van der Waals surface area contributed by atoms with Crippen molar-refractivity contribution in [2.75, 3.05) is 25.1 Å².